The average Bonchev–Trinajstić information content (AvgIpc) is 3.94. The highest BCUT2D eigenvalue weighted by atomic mass is 16.3. The van der Waals surface area contributed by atoms with Crippen LogP contribution < -0.4 is 4.90 Å². The second kappa shape index (κ2) is 15.3. The molecule has 0 fully saturated rings. The van der Waals surface area contributed by atoms with Gasteiger partial charge in [0.25, 0.3) is 0 Å². The first-order valence-corrected chi connectivity index (χ1v) is 21.5. The summed E-state index contributed by atoms with van der Waals surface area (Å²) in [5.41, 5.74) is 19.1. The molecule has 0 aliphatic heterocycles. The topological polar surface area (TPSA) is 32.2 Å². The lowest BCUT2D eigenvalue weighted by Crippen LogP contribution is -2.09. The molecule has 2 aromatic heterocycles. The van der Waals surface area contributed by atoms with Crippen molar-refractivity contribution in [3.05, 3.63) is 237 Å². The average molecular weight is 805 g/mol. The number of furan rings is 1. The molecule has 12 rings (SSSR count). The van der Waals surface area contributed by atoms with Gasteiger partial charge in [-0.15, -0.1) is 0 Å². The molecule has 296 valence electrons. The highest BCUT2D eigenvalue weighted by molar-refractivity contribution is 6.12. The Labute approximate surface area is 365 Å². The highest BCUT2D eigenvalue weighted by Gasteiger charge is 2.16. The Hall–Kier alpha value is -8.40. The summed E-state index contributed by atoms with van der Waals surface area (Å²) in [6.45, 7) is 0. The third kappa shape index (κ3) is 6.55. The summed E-state index contributed by atoms with van der Waals surface area (Å²) in [5, 5.41) is 4.79. The molecule has 0 aliphatic rings. The maximum absolute atomic E-state index is 6.35. The molecular weight excluding hydrogens is 765 g/mol. The van der Waals surface area contributed by atoms with Gasteiger partial charge in [0.2, 0.25) is 0 Å². The fraction of sp³-hybridized carbons (Fsp3) is 0. The zero-order chi connectivity index (χ0) is 41.7. The molecule has 3 nitrogen and oxygen atoms in total. The van der Waals surface area contributed by atoms with Gasteiger partial charge in [0.1, 0.15) is 11.2 Å². The molecule has 0 spiro atoms. The van der Waals surface area contributed by atoms with Crippen LogP contribution in [-0.2, 0) is 0 Å². The van der Waals surface area contributed by atoms with Crippen molar-refractivity contribution < 1.29 is 4.42 Å². The van der Waals surface area contributed by atoms with Crippen molar-refractivity contribution in [1.82, 2.24) is 4.98 Å². The van der Waals surface area contributed by atoms with Crippen molar-refractivity contribution in [3.8, 4) is 55.6 Å². The van der Waals surface area contributed by atoms with Gasteiger partial charge >= 0.3 is 0 Å². The zero-order valence-electron chi connectivity index (χ0n) is 34.4. The fourth-order valence-electron chi connectivity index (χ4n) is 9.26. The smallest absolute Gasteiger partial charge is 0.143 e. The lowest BCUT2D eigenvalue weighted by Gasteiger charge is -2.26. The molecule has 12 aromatic rings. The molecule has 0 amide bonds. The van der Waals surface area contributed by atoms with Crippen LogP contribution in [0.3, 0.4) is 0 Å². The van der Waals surface area contributed by atoms with Gasteiger partial charge in [-0.2, -0.15) is 0 Å². The van der Waals surface area contributed by atoms with E-state index in [1.807, 2.05) is 12.1 Å². The predicted molar refractivity (Wildman–Crippen MR) is 265 cm³/mol. The lowest BCUT2D eigenvalue weighted by atomic mass is 9.98. The van der Waals surface area contributed by atoms with Gasteiger partial charge in [-0.05, 0) is 93.0 Å². The van der Waals surface area contributed by atoms with Crippen LogP contribution in [0, 0.1) is 0 Å². The first-order chi connectivity index (χ1) is 31.2. The molecule has 0 radical (unpaired) electrons. The third-order valence-corrected chi connectivity index (χ3v) is 12.5. The minimum absolute atomic E-state index is 0.912. The van der Waals surface area contributed by atoms with E-state index in [0.717, 1.165) is 66.8 Å². The number of nitrogens with one attached hydrogen (secondary N) is 1. The van der Waals surface area contributed by atoms with Crippen LogP contribution in [0.25, 0.3) is 99.4 Å². The molecule has 0 saturated heterocycles. The Bertz CT molecular complexity index is 3360. The Morgan fingerprint density at radius 1 is 0.286 bits per heavy atom. The maximum atomic E-state index is 6.35. The maximum Gasteiger partial charge on any atom is 0.143 e. The normalized spacial score (nSPS) is 11.5. The molecule has 0 unspecified atom stereocenters. The summed E-state index contributed by atoms with van der Waals surface area (Å²) in [6.07, 6.45) is 0. The van der Waals surface area contributed by atoms with E-state index in [2.05, 4.69) is 234 Å². The van der Waals surface area contributed by atoms with Crippen molar-refractivity contribution in [2.24, 2.45) is 0 Å². The number of rotatable bonds is 8. The lowest BCUT2D eigenvalue weighted by molar-refractivity contribution is 0.670. The number of aromatic amines is 1. The number of hydrogen-bond acceptors (Lipinski definition) is 2. The molecule has 0 saturated carbocycles. The Morgan fingerprint density at radius 2 is 0.698 bits per heavy atom. The fourth-order valence-corrected chi connectivity index (χ4v) is 9.26. The SMILES string of the molecule is c1ccc(-c2ccc(N(c3ccc(-c4ccc(-c5cccc6c5[nH]c5ccccc56)cc4)cc3)c3ccc(-c4ccc(-c5cccc6c5oc5ccccc56)cc4)cc3)cc2)cc1. The zero-order valence-corrected chi connectivity index (χ0v) is 34.4. The van der Waals surface area contributed by atoms with Crippen molar-refractivity contribution in [1.29, 1.82) is 0 Å². The van der Waals surface area contributed by atoms with Gasteiger partial charge < -0.3 is 14.3 Å². The summed E-state index contributed by atoms with van der Waals surface area (Å²) in [4.78, 5) is 6.00. The van der Waals surface area contributed by atoms with Crippen LogP contribution >= 0.6 is 0 Å². The Kier molecular flexibility index (Phi) is 8.83. The van der Waals surface area contributed by atoms with E-state index < -0.39 is 0 Å². The molecule has 1 N–H and O–H groups in total. The Balaban J connectivity index is 0.847. The van der Waals surface area contributed by atoms with Crippen molar-refractivity contribution >= 4 is 60.8 Å². The van der Waals surface area contributed by atoms with Crippen LogP contribution in [0.4, 0.5) is 17.1 Å². The van der Waals surface area contributed by atoms with Crippen LogP contribution in [-0.4, -0.2) is 4.98 Å². The molecular formula is C60H40N2O. The summed E-state index contributed by atoms with van der Waals surface area (Å²) in [7, 11) is 0. The van der Waals surface area contributed by atoms with Gasteiger partial charge in [-0.1, -0.05) is 188 Å². The number of anilines is 3. The standard InChI is InChI=1S/C60H40N2O/c1-2-10-40(11-3-1)43-28-34-48(35-29-43)62(49-36-30-44(31-37-49)41-20-24-46(25-21-41)51-14-8-16-55-53-12-4-6-18-57(53)61-59(51)55)50-38-32-45(33-39-50)42-22-26-47(27-23-42)52-15-9-17-56-54-13-5-7-19-58(54)63-60(52)56/h1-39,61H. The molecule has 0 atom stereocenters. The van der Waals surface area contributed by atoms with E-state index in [9.17, 15) is 0 Å². The van der Waals surface area contributed by atoms with E-state index in [0.29, 0.717) is 0 Å². The molecule has 63 heavy (non-hydrogen) atoms. The highest BCUT2D eigenvalue weighted by Crippen LogP contribution is 2.40. The minimum Gasteiger partial charge on any atom is -0.455 e. The number of fused-ring (bicyclic) bond motifs is 6. The van der Waals surface area contributed by atoms with E-state index in [1.54, 1.807) is 0 Å². The van der Waals surface area contributed by atoms with Crippen molar-refractivity contribution in [2.75, 3.05) is 4.90 Å². The largest absolute Gasteiger partial charge is 0.455 e. The number of hydrogen-bond donors (Lipinski definition) is 1. The van der Waals surface area contributed by atoms with Gasteiger partial charge in [0, 0.05) is 55.3 Å². The van der Waals surface area contributed by atoms with Gasteiger partial charge in [0.15, 0.2) is 0 Å². The summed E-state index contributed by atoms with van der Waals surface area (Å²) in [5.74, 6) is 0. The molecule has 2 heterocycles. The first-order valence-electron chi connectivity index (χ1n) is 21.5. The van der Waals surface area contributed by atoms with Crippen LogP contribution in [0.5, 0.6) is 0 Å². The number of H-pyrrole nitrogens is 1. The van der Waals surface area contributed by atoms with Crippen molar-refractivity contribution in [2.45, 2.75) is 0 Å². The third-order valence-electron chi connectivity index (χ3n) is 12.5. The summed E-state index contributed by atoms with van der Waals surface area (Å²) in [6, 6.07) is 84.7. The second-order valence-corrected chi connectivity index (χ2v) is 16.2. The Morgan fingerprint density at radius 3 is 1.29 bits per heavy atom. The van der Waals surface area contributed by atoms with E-state index in [1.165, 1.54) is 49.7 Å². The van der Waals surface area contributed by atoms with E-state index in [-0.39, 0.29) is 0 Å². The molecule has 3 heteroatoms. The van der Waals surface area contributed by atoms with Crippen LogP contribution in [0.1, 0.15) is 0 Å². The number of para-hydroxylation sites is 4. The quantitative estimate of drug-likeness (QED) is 0.166. The summed E-state index contributed by atoms with van der Waals surface area (Å²) < 4.78 is 6.35. The second-order valence-electron chi connectivity index (χ2n) is 16.2. The number of benzene rings is 10. The number of aromatic nitrogens is 1. The van der Waals surface area contributed by atoms with Gasteiger partial charge in [-0.3, -0.25) is 0 Å². The van der Waals surface area contributed by atoms with Crippen LogP contribution in [0.2, 0.25) is 0 Å². The minimum atomic E-state index is 0.912. The van der Waals surface area contributed by atoms with Gasteiger partial charge in [-0.25, -0.2) is 0 Å². The summed E-state index contributed by atoms with van der Waals surface area (Å²) >= 11 is 0. The molecule has 10 aromatic carbocycles. The number of nitrogens with zero attached hydrogens (tertiary/aromatic N) is 1. The first kappa shape index (κ1) is 36.5. The van der Waals surface area contributed by atoms with Gasteiger partial charge in [0.05, 0.1) is 5.52 Å². The predicted octanol–water partition coefficient (Wildman–Crippen LogP) is 17.0. The molecule has 0 bridgehead atoms. The monoisotopic (exact) mass is 804 g/mol. The van der Waals surface area contributed by atoms with E-state index in [4.69, 9.17) is 4.42 Å². The van der Waals surface area contributed by atoms with Crippen LogP contribution in [0.15, 0.2) is 241 Å². The van der Waals surface area contributed by atoms with E-state index >= 15 is 0 Å². The van der Waals surface area contributed by atoms with Crippen molar-refractivity contribution in [3.63, 3.8) is 0 Å². The molecule has 0 aliphatic carbocycles.